The van der Waals surface area contributed by atoms with E-state index in [1.54, 1.807) is 29.2 Å². The molecule has 1 fully saturated rings. The lowest BCUT2D eigenvalue weighted by Gasteiger charge is -2.26. The SMILES string of the molecule is CN1C(=O)[C@H](c2ccc(C#Cc3cccc(F)c3)nn2)CC1(C)C. The highest BCUT2D eigenvalue weighted by molar-refractivity contribution is 5.86. The number of likely N-dealkylation sites (tertiary alicyclic amines) is 1. The van der Waals surface area contributed by atoms with Crippen molar-refractivity contribution in [2.45, 2.75) is 31.7 Å². The molecule has 1 atom stereocenters. The van der Waals surface area contributed by atoms with Crippen LogP contribution in [0, 0.1) is 17.7 Å². The van der Waals surface area contributed by atoms with Crippen molar-refractivity contribution in [3.8, 4) is 11.8 Å². The van der Waals surface area contributed by atoms with Gasteiger partial charge in [0.25, 0.3) is 0 Å². The van der Waals surface area contributed by atoms with E-state index < -0.39 is 0 Å². The summed E-state index contributed by atoms with van der Waals surface area (Å²) in [6, 6.07) is 9.61. The molecule has 1 amide bonds. The summed E-state index contributed by atoms with van der Waals surface area (Å²) in [4.78, 5) is 14.1. The van der Waals surface area contributed by atoms with E-state index in [4.69, 9.17) is 0 Å². The molecule has 0 unspecified atom stereocenters. The van der Waals surface area contributed by atoms with Gasteiger partial charge in [0.05, 0.1) is 11.6 Å². The summed E-state index contributed by atoms with van der Waals surface area (Å²) in [7, 11) is 1.81. The van der Waals surface area contributed by atoms with Crippen molar-refractivity contribution in [2.24, 2.45) is 0 Å². The average molecular weight is 323 g/mol. The van der Waals surface area contributed by atoms with Crippen molar-refractivity contribution in [3.05, 3.63) is 59.2 Å². The minimum Gasteiger partial charge on any atom is -0.340 e. The first-order chi connectivity index (χ1) is 11.4. The van der Waals surface area contributed by atoms with Crippen LogP contribution in [-0.4, -0.2) is 33.6 Å². The van der Waals surface area contributed by atoms with Crippen LogP contribution in [0.1, 0.15) is 43.1 Å². The first kappa shape index (κ1) is 16.1. The maximum Gasteiger partial charge on any atom is 0.232 e. The number of likely N-dealkylation sites (N-methyl/N-ethyl adjacent to an activating group) is 1. The van der Waals surface area contributed by atoms with Gasteiger partial charge in [-0.15, -0.1) is 5.10 Å². The molecule has 1 aromatic carbocycles. The molecule has 122 valence electrons. The predicted octanol–water partition coefficient (Wildman–Crippen LogP) is 2.74. The Balaban J connectivity index is 1.79. The molecular formula is C19H18FN3O. The highest BCUT2D eigenvalue weighted by Crippen LogP contribution is 2.37. The molecule has 4 nitrogen and oxygen atoms in total. The molecule has 2 heterocycles. The van der Waals surface area contributed by atoms with E-state index in [2.05, 4.69) is 22.0 Å². The number of amides is 1. The Morgan fingerprint density at radius 2 is 2.00 bits per heavy atom. The third-order valence-electron chi connectivity index (χ3n) is 4.44. The van der Waals surface area contributed by atoms with Gasteiger partial charge in [-0.25, -0.2) is 4.39 Å². The van der Waals surface area contributed by atoms with Gasteiger partial charge in [0.1, 0.15) is 11.5 Å². The topological polar surface area (TPSA) is 46.1 Å². The Bertz CT molecular complexity index is 834. The minimum absolute atomic E-state index is 0.0629. The standard InChI is InChI=1S/C19H18FN3O/c1-19(2)12-16(18(24)23(19)3)17-10-9-15(21-22-17)8-7-13-5-4-6-14(20)11-13/h4-6,9-11,16H,12H2,1-3H3/t16-/m0/s1. The number of hydrogen-bond donors (Lipinski definition) is 0. The molecule has 0 radical (unpaired) electrons. The number of rotatable bonds is 1. The average Bonchev–Trinajstić information content (AvgIpc) is 2.77. The Labute approximate surface area is 140 Å². The summed E-state index contributed by atoms with van der Waals surface area (Å²) in [6.07, 6.45) is 0.714. The third-order valence-corrected chi connectivity index (χ3v) is 4.44. The van der Waals surface area contributed by atoms with Gasteiger partial charge < -0.3 is 4.90 Å². The Hall–Kier alpha value is -2.74. The van der Waals surface area contributed by atoms with Gasteiger partial charge in [-0.3, -0.25) is 4.79 Å². The van der Waals surface area contributed by atoms with Crippen molar-refractivity contribution < 1.29 is 9.18 Å². The molecule has 3 rings (SSSR count). The highest BCUT2D eigenvalue weighted by Gasteiger charge is 2.44. The molecule has 1 aliphatic rings. The van der Waals surface area contributed by atoms with E-state index in [-0.39, 0.29) is 23.2 Å². The zero-order valence-electron chi connectivity index (χ0n) is 13.9. The monoisotopic (exact) mass is 323 g/mol. The van der Waals surface area contributed by atoms with E-state index in [1.807, 2.05) is 20.9 Å². The van der Waals surface area contributed by atoms with Crippen LogP contribution in [-0.2, 0) is 4.79 Å². The van der Waals surface area contributed by atoms with Gasteiger partial charge in [0.15, 0.2) is 0 Å². The second kappa shape index (κ2) is 6.04. The summed E-state index contributed by atoms with van der Waals surface area (Å²) in [5.74, 6) is 5.19. The maximum atomic E-state index is 13.1. The molecule has 1 aliphatic heterocycles. The van der Waals surface area contributed by atoms with E-state index in [0.29, 0.717) is 23.4 Å². The lowest BCUT2D eigenvalue weighted by Crippen LogP contribution is -2.37. The van der Waals surface area contributed by atoms with Crippen LogP contribution in [0.25, 0.3) is 0 Å². The zero-order valence-corrected chi connectivity index (χ0v) is 13.9. The van der Waals surface area contributed by atoms with Crippen LogP contribution in [0.15, 0.2) is 36.4 Å². The highest BCUT2D eigenvalue weighted by atomic mass is 19.1. The molecule has 0 aliphatic carbocycles. The van der Waals surface area contributed by atoms with Gasteiger partial charge in [-0.2, -0.15) is 5.10 Å². The normalized spacial score (nSPS) is 19.1. The zero-order chi connectivity index (χ0) is 17.3. The second-order valence-corrected chi connectivity index (χ2v) is 6.57. The number of nitrogens with zero attached hydrogens (tertiary/aromatic N) is 3. The molecule has 24 heavy (non-hydrogen) atoms. The molecule has 5 heteroatoms. The molecule has 1 saturated heterocycles. The fourth-order valence-corrected chi connectivity index (χ4v) is 2.78. The molecule has 0 N–H and O–H groups in total. The molecule has 0 saturated carbocycles. The number of hydrogen-bond acceptors (Lipinski definition) is 3. The van der Waals surface area contributed by atoms with Crippen molar-refractivity contribution in [1.29, 1.82) is 0 Å². The maximum absolute atomic E-state index is 13.1. The molecule has 0 bridgehead atoms. The number of aromatic nitrogens is 2. The predicted molar refractivity (Wildman–Crippen MR) is 88.6 cm³/mol. The van der Waals surface area contributed by atoms with E-state index in [9.17, 15) is 9.18 Å². The first-order valence-electron chi connectivity index (χ1n) is 7.76. The first-order valence-corrected chi connectivity index (χ1v) is 7.76. The van der Waals surface area contributed by atoms with Crippen molar-refractivity contribution in [3.63, 3.8) is 0 Å². The molecule has 1 aromatic heterocycles. The van der Waals surface area contributed by atoms with Crippen LogP contribution in [0.5, 0.6) is 0 Å². The van der Waals surface area contributed by atoms with Gasteiger partial charge in [0, 0.05) is 18.2 Å². The molecule has 0 spiro atoms. The molecule has 2 aromatic rings. The quantitative estimate of drug-likeness (QED) is 0.758. The summed E-state index contributed by atoms with van der Waals surface area (Å²) in [6.45, 7) is 4.08. The van der Waals surface area contributed by atoms with Crippen LogP contribution in [0.4, 0.5) is 4.39 Å². The van der Waals surface area contributed by atoms with Gasteiger partial charge >= 0.3 is 0 Å². The summed E-state index contributed by atoms with van der Waals surface area (Å²) >= 11 is 0. The van der Waals surface area contributed by atoms with Gasteiger partial charge in [-0.1, -0.05) is 12.0 Å². The van der Waals surface area contributed by atoms with Crippen molar-refractivity contribution in [1.82, 2.24) is 15.1 Å². The van der Waals surface area contributed by atoms with Crippen molar-refractivity contribution >= 4 is 5.91 Å². The van der Waals surface area contributed by atoms with E-state index in [1.165, 1.54) is 12.1 Å². The van der Waals surface area contributed by atoms with Crippen molar-refractivity contribution in [2.75, 3.05) is 7.05 Å². The Kier molecular flexibility index (Phi) is 4.06. The number of halogens is 1. The summed E-state index contributed by atoms with van der Waals surface area (Å²) < 4.78 is 13.1. The summed E-state index contributed by atoms with van der Waals surface area (Å²) in [5.41, 5.74) is 1.55. The Morgan fingerprint density at radius 3 is 2.58 bits per heavy atom. The number of carbonyl (C=O) groups is 1. The minimum atomic E-state index is -0.324. The van der Waals surface area contributed by atoms with Crippen LogP contribution >= 0.6 is 0 Å². The number of carbonyl (C=O) groups excluding carboxylic acids is 1. The van der Waals surface area contributed by atoms with Crippen LogP contribution in [0.2, 0.25) is 0 Å². The lowest BCUT2D eigenvalue weighted by atomic mass is 9.94. The molecular weight excluding hydrogens is 305 g/mol. The van der Waals surface area contributed by atoms with Gasteiger partial charge in [0.2, 0.25) is 5.91 Å². The second-order valence-electron chi connectivity index (χ2n) is 6.57. The van der Waals surface area contributed by atoms with Gasteiger partial charge in [-0.05, 0) is 56.5 Å². The summed E-state index contributed by atoms with van der Waals surface area (Å²) in [5, 5.41) is 8.25. The van der Waals surface area contributed by atoms with Crippen LogP contribution in [0.3, 0.4) is 0 Å². The smallest absolute Gasteiger partial charge is 0.232 e. The fourth-order valence-electron chi connectivity index (χ4n) is 2.78. The third kappa shape index (κ3) is 3.13. The lowest BCUT2D eigenvalue weighted by molar-refractivity contribution is -0.130. The van der Waals surface area contributed by atoms with Crippen LogP contribution < -0.4 is 0 Å². The van der Waals surface area contributed by atoms with E-state index in [0.717, 1.165) is 0 Å². The largest absolute Gasteiger partial charge is 0.340 e. The Morgan fingerprint density at radius 1 is 1.21 bits per heavy atom. The fraction of sp³-hybridized carbons (Fsp3) is 0.316. The van der Waals surface area contributed by atoms with E-state index >= 15 is 0 Å². The number of benzene rings is 1.